The summed E-state index contributed by atoms with van der Waals surface area (Å²) in [5.41, 5.74) is 0.206. The van der Waals surface area contributed by atoms with Gasteiger partial charge in [0, 0.05) is 12.6 Å². The van der Waals surface area contributed by atoms with Crippen molar-refractivity contribution in [1.29, 1.82) is 0 Å². The van der Waals surface area contributed by atoms with Crippen LogP contribution in [0.4, 0.5) is 5.95 Å². The topological polar surface area (TPSA) is 84.0 Å². The predicted octanol–water partition coefficient (Wildman–Crippen LogP) is 2.16. The lowest BCUT2D eigenvalue weighted by molar-refractivity contribution is 0.372. The molecule has 1 aliphatic carbocycles. The van der Waals surface area contributed by atoms with E-state index in [0.29, 0.717) is 5.95 Å². The Morgan fingerprint density at radius 1 is 1.33 bits per heavy atom. The monoisotopic (exact) mass is 312 g/mol. The number of sulfonamides is 1. The summed E-state index contributed by atoms with van der Waals surface area (Å²) in [7, 11) is -3.53. The summed E-state index contributed by atoms with van der Waals surface area (Å²) < 4.78 is 27.4. The molecule has 2 N–H and O–H groups in total. The Morgan fingerprint density at radius 2 is 2.00 bits per heavy atom. The van der Waals surface area contributed by atoms with Crippen molar-refractivity contribution in [2.75, 3.05) is 11.9 Å². The highest BCUT2D eigenvalue weighted by Gasteiger charge is 2.33. The van der Waals surface area contributed by atoms with E-state index in [1.807, 2.05) is 6.92 Å². The second kappa shape index (κ2) is 6.27. The highest BCUT2D eigenvalue weighted by molar-refractivity contribution is 7.89. The standard InChI is InChI=1S/C14H24N4O2S/c1-4-7-15-13-16-9-12(10-17-13)21(19,20)18-11-5-6-14(2,3)8-11/h9-11,18H,4-8H2,1-3H3,(H,15,16,17). The maximum atomic E-state index is 12.3. The number of rotatable bonds is 6. The lowest BCUT2D eigenvalue weighted by Gasteiger charge is -2.17. The van der Waals surface area contributed by atoms with Crippen LogP contribution in [0.1, 0.15) is 46.5 Å². The molecule has 7 heteroatoms. The third kappa shape index (κ3) is 4.38. The van der Waals surface area contributed by atoms with Crippen molar-refractivity contribution in [3.63, 3.8) is 0 Å². The molecular formula is C14H24N4O2S. The number of hydrogen-bond donors (Lipinski definition) is 2. The molecule has 1 aromatic rings. The van der Waals surface area contributed by atoms with E-state index in [0.717, 1.165) is 32.2 Å². The average molecular weight is 312 g/mol. The molecule has 118 valence electrons. The molecule has 1 atom stereocenters. The minimum absolute atomic E-state index is 0.00268. The van der Waals surface area contributed by atoms with Gasteiger partial charge in [0.25, 0.3) is 0 Å². The van der Waals surface area contributed by atoms with Crippen LogP contribution in [0.2, 0.25) is 0 Å². The third-order valence-corrected chi connectivity index (χ3v) is 5.24. The van der Waals surface area contributed by atoms with Crippen LogP contribution in [-0.4, -0.2) is 31.0 Å². The van der Waals surface area contributed by atoms with Crippen LogP contribution < -0.4 is 10.0 Å². The van der Waals surface area contributed by atoms with Crippen LogP contribution >= 0.6 is 0 Å². The van der Waals surface area contributed by atoms with Gasteiger partial charge in [-0.2, -0.15) is 0 Å². The Balaban J connectivity index is 2.02. The zero-order valence-electron chi connectivity index (χ0n) is 12.9. The van der Waals surface area contributed by atoms with E-state index in [1.165, 1.54) is 12.4 Å². The molecule has 1 heterocycles. The van der Waals surface area contributed by atoms with Crippen molar-refractivity contribution < 1.29 is 8.42 Å². The summed E-state index contributed by atoms with van der Waals surface area (Å²) in [6, 6.07) is 0.00268. The van der Waals surface area contributed by atoms with Gasteiger partial charge < -0.3 is 5.32 Å². The van der Waals surface area contributed by atoms with Crippen molar-refractivity contribution in [3.05, 3.63) is 12.4 Å². The maximum absolute atomic E-state index is 12.3. The lowest BCUT2D eigenvalue weighted by atomic mass is 9.92. The molecule has 0 aromatic carbocycles. The van der Waals surface area contributed by atoms with E-state index in [9.17, 15) is 8.42 Å². The van der Waals surface area contributed by atoms with Gasteiger partial charge in [0.2, 0.25) is 16.0 Å². The SMILES string of the molecule is CCCNc1ncc(S(=O)(=O)NC2CCC(C)(C)C2)cn1. The van der Waals surface area contributed by atoms with Crippen LogP contribution in [-0.2, 0) is 10.0 Å². The minimum Gasteiger partial charge on any atom is -0.354 e. The molecule has 1 saturated carbocycles. The van der Waals surface area contributed by atoms with E-state index >= 15 is 0 Å². The Hall–Kier alpha value is -1.21. The molecule has 0 amide bonds. The third-order valence-electron chi connectivity index (χ3n) is 3.76. The molecule has 0 radical (unpaired) electrons. The number of nitrogens with zero attached hydrogens (tertiary/aromatic N) is 2. The number of anilines is 1. The van der Waals surface area contributed by atoms with Crippen LogP contribution in [0.25, 0.3) is 0 Å². The Bertz CT molecular complexity index is 569. The Labute approximate surface area is 126 Å². The first-order chi connectivity index (χ1) is 9.82. The number of aromatic nitrogens is 2. The van der Waals surface area contributed by atoms with Gasteiger partial charge >= 0.3 is 0 Å². The van der Waals surface area contributed by atoms with E-state index in [4.69, 9.17) is 0 Å². The molecule has 0 spiro atoms. The molecule has 1 aliphatic rings. The fourth-order valence-electron chi connectivity index (χ4n) is 2.61. The summed E-state index contributed by atoms with van der Waals surface area (Å²) in [5, 5.41) is 3.02. The van der Waals surface area contributed by atoms with E-state index in [-0.39, 0.29) is 16.4 Å². The van der Waals surface area contributed by atoms with Gasteiger partial charge in [0.1, 0.15) is 4.90 Å². The van der Waals surface area contributed by atoms with Crippen LogP contribution in [0, 0.1) is 5.41 Å². The maximum Gasteiger partial charge on any atom is 0.243 e. The Kier molecular flexibility index (Phi) is 4.83. The molecule has 0 bridgehead atoms. The van der Waals surface area contributed by atoms with E-state index in [1.54, 1.807) is 0 Å². The minimum atomic E-state index is -3.53. The van der Waals surface area contributed by atoms with Gasteiger partial charge in [-0.3, -0.25) is 0 Å². The molecule has 0 saturated heterocycles. The molecule has 1 aromatic heterocycles. The van der Waals surface area contributed by atoms with Gasteiger partial charge in [0.05, 0.1) is 12.4 Å². The number of nitrogens with one attached hydrogen (secondary N) is 2. The molecular weight excluding hydrogens is 288 g/mol. The summed E-state index contributed by atoms with van der Waals surface area (Å²) in [4.78, 5) is 8.21. The second-order valence-corrected chi connectivity index (χ2v) is 8.11. The first-order valence-electron chi connectivity index (χ1n) is 7.41. The van der Waals surface area contributed by atoms with E-state index in [2.05, 4.69) is 33.9 Å². The molecule has 1 fully saturated rings. The quantitative estimate of drug-likeness (QED) is 0.841. The average Bonchev–Trinajstić information content (AvgIpc) is 2.75. The highest BCUT2D eigenvalue weighted by atomic mass is 32.2. The highest BCUT2D eigenvalue weighted by Crippen LogP contribution is 2.37. The molecule has 6 nitrogen and oxygen atoms in total. The van der Waals surface area contributed by atoms with Gasteiger partial charge in [0.15, 0.2) is 0 Å². The normalized spacial score (nSPS) is 21.4. The van der Waals surface area contributed by atoms with Crippen molar-refractivity contribution in [2.45, 2.75) is 57.4 Å². The van der Waals surface area contributed by atoms with Gasteiger partial charge in [-0.05, 0) is 31.1 Å². The summed E-state index contributed by atoms with van der Waals surface area (Å²) >= 11 is 0. The zero-order valence-corrected chi connectivity index (χ0v) is 13.7. The Morgan fingerprint density at radius 3 is 2.52 bits per heavy atom. The smallest absolute Gasteiger partial charge is 0.243 e. The van der Waals surface area contributed by atoms with Gasteiger partial charge in [-0.1, -0.05) is 20.8 Å². The first kappa shape index (κ1) is 16.2. The first-order valence-corrected chi connectivity index (χ1v) is 8.89. The second-order valence-electron chi connectivity index (χ2n) is 6.39. The molecule has 1 unspecified atom stereocenters. The number of hydrogen-bond acceptors (Lipinski definition) is 5. The fraction of sp³-hybridized carbons (Fsp3) is 0.714. The van der Waals surface area contributed by atoms with E-state index < -0.39 is 10.0 Å². The van der Waals surface area contributed by atoms with Crippen LogP contribution in [0.5, 0.6) is 0 Å². The largest absolute Gasteiger partial charge is 0.354 e. The van der Waals surface area contributed by atoms with Crippen molar-refractivity contribution >= 4 is 16.0 Å². The van der Waals surface area contributed by atoms with Gasteiger partial charge in [-0.15, -0.1) is 0 Å². The summed E-state index contributed by atoms with van der Waals surface area (Å²) in [6.07, 6.45) is 6.45. The lowest BCUT2D eigenvalue weighted by Crippen LogP contribution is -2.33. The molecule has 0 aliphatic heterocycles. The molecule has 21 heavy (non-hydrogen) atoms. The van der Waals surface area contributed by atoms with Gasteiger partial charge in [-0.25, -0.2) is 23.1 Å². The van der Waals surface area contributed by atoms with Crippen LogP contribution in [0.15, 0.2) is 17.3 Å². The van der Waals surface area contributed by atoms with Crippen LogP contribution in [0.3, 0.4) is 0 Å². The van der Waals surface area contributed by atoms with Crippen molar-refractivity contribution in [1.82, 2.24) is 14.7 Å². The zero-order chi connectivity index (χ0) is 15.5. The summed E-state index contributed by atoms with van der Waals surface area (Å²) in [6.45, 7) is 7.14. The predicted molar refractivity (Wildman–Crippen MR) is 82.6 cm³/mol. The fourth-order valence-corrected chi connectivity index (χ4v) is 3.77. The van der Waals surface area contributed by atoms with Crippen molar-refractivity contribution in [3.8, 4) is 0 Å². The molecule has 2 rings (SSSR count). The summed E-state index contributed by atoms with van der Waals surface area (Å²) in [5.74, 6) is 0.456. The van der Waals surface area contributed by atoms with Crippen molar-refractivity contribution in [2.24, 2.45) is 5.41 Å².